The Balaban J connectivity index is 2.08. The number of primary amides is 1. The SMILES string of the molecule is CC(Nc1cc(C(N)=O)ccc1N)C1CCOCC1. The Morgan fingerprint density at radius 2 is 2.11 bits per heavy atom. The van der Waals surface area contributed by atoms with Crippen LogP contribution in [0.15, 0.2) is 18.2 Å². The van der Waals surface area contributed by atoms with E-state index in [9.17, 15) is 4.79 Å². The van der Waals surface area contributed by atoms with Gasteiger partial charge in [0.25, 0.3) is 0 Å². The predicted octanol–water partition coefficient (Wildman–Crippen LogP) is 1.59. The molecule has 0 spiro atoms. The minimum atomic E-state index is -0.443. The summed E-state index contributed by atoms with van der Waals surface area (Å²) in [6.07, 6.45) is 2.09. The highest BCUT2D eigenvalue weighted by atomic mass is 16.5. The molecule has 0 radical (unpaired) electrons. The third kappa shape index (κ3) is 3.38. The van der Waals surface area contributed by atoms with Crippen LogP contribution in [0.2, 0.25) is 0 Å². The number of rotatable bonds is 4. The van der Waals surface area contributed by atoms with E-state index in [-0.39, 0.29) is 6.04 Å². The van der Waals surface area contributed by atoms with Crippen molar-refractivity contribution in [2.75, 3.05) is 24.3 Å². The van der Waals surface area contributed by atoms with Gasteiger partial charge in [-0.2, -0.15) is 0 Å². The Bertz CT molecular complexity index is 456. The molecule has 1 atom stereocenters. The average Bonchev–Trinajstić information content (AvgIpc) is 2.42. The number of benzene rings is 1. The predicted molar refractivity (Wildman–Crippen MR) is 76.0 cm³/mol. The first-order valence-corrected chi connectivity index (χ1v) is 6.61. The lowest BCUT2D eigenvalue weighted by Gasteiger charge is -2.29. The lowest BCUT2D eigenvalue weighted by atomic mass is 9.92. The van der Waals surface area contributed by atoms with Gasteiger partial charge in [0.1, 0.15) is 0 Å². The number of nitrogen functional groups attached to an aromatic ring is 1. The summed E-state index contributed by atoms with van der Waals surface area (Å²) in [7, 11) is 0. The average molecular weight is 263 g/mol. The van der Waals surface area contributed by atoms with E-state index in [4.69, 9.17) is 16.2 Å². The largest absolute Gasteiger partial charge is 0.397 e. The highest BCUT2D eigenvalue weighted by Crippen LogP contribution is 2.25. The van der Waals surface area contributed by atoms with Gasteiger partial charge < -0.3 is 21.5 Å². The number of amides is 1. The molecule has 104 valence electrons. The Morgan fingerprint density at radius 3 is 2.74 bits per heavy atom. The number of ether oxygens (including phenoxy) is 1. The van der Waals surface area contributed by atoms with Gasteiger partial charge in [-0.15, -0.1) is 0 Å². The summed E-state index contributed by atoms with van der Waals surface area (Å²) < 4.78 is 5.36. The van der Waals surface area contributed by atoms with Crippen molar-refractivity contribution in [3.8, 4) is 0 Å². The second-order valence-corrected chi connectivity index (χ2v) is 5.05. The molecule has 0 aliphatic carbocycles. The standard InChI is InChI=1S/C14H21N3O2/c1-9(10-4-6-19-7-5-10)17-13-8-11(14(16)18)2-3-12(13)15/h2-3,8-10,17H,4-7,15H2,1H3,(H2,16,18). The molecular weight excluding hydrogens is 242 g/mol. The maximum absolute atomic E-state index is 11.2. The van der Waals surface area contributed by atoms with Gasteiger partial charge in [-0.1, -0.05) is 0 Å². The van der Waals surface area contributed by atoms with Crippen molar-refractivity contribution >= 4 is 17.3 Å². The van der Waals surface area contributed by atoms with Crippen molar-refractivity contribution in [3.63, 3.8) is 0 Å². The van der Waals surface area contributed by atoms with Crippen LogP contribution >= 0.6 is 0 Å². The summed E-state index contributed by atoms with van der Waals surface area (Å²) >= 11 is 0. The lowest BCUT2D eigenvalue weighted by molar-refractivity contribution is 0.0622. The number of carbonyl (C=O) groups is 1. The van der Waals surface area contributed by atoms with Gasteiger partial charge in [0.2, 0.25) is 5.91 Å². The topological polar surface area (TPSA) is 90.4 Å². The van der Waals surface area contributed by atoms with Crippen molar-refractivity contribution in [1.29, 1.82) is 0 Å². The maximum atomic E-state index is 11.2. The molecule has 1 amide bonds. The Hall–Kier alpha value is -1.75. The van der Waals surface area contributed by atoms with Gasteiger partial charge >= 0.3 is 0 Å². The van der Waals surface area contributed by atoms with E-state index in [2.05, 4.69) is 12.2 Å². The molecule has 0 aromatic heterocycles. The number of nitrogens with one attached hydrogen (secondary N) is 1. The Labute approximate surface area is 113 Å². The molecule has 1 aliphatic rings. The van der Waals surface area contributed by atoms with Crippen molar-refractivity contribution in [2.45, 2.75) is 25.8 Å². The van der Waals surface area contributed by atoms with Crippen molar-refractivity contribution in [3.05, 3.63) is 23.8 Å². The summed E-state index contributed by atoms with van der Waals surface area (Å²) in [4.78, 5) is 11.2. The van der Waals surface area contributed by atoms with Gasteiger partial charge in [-0.3, -0.25) is 4.79 Å². The van der Waals surface area contributed by atoms with E-state index in [1.807, 2.05) is 0 Å². The zero-order valence-electron chi connectivity index (χ0n) is 11.2. The fourth-order valence-corrected chi connectivity index (χ4v) is 2.41. The normalized spacial score (nSPS) is 17.9. The third-order valence-electron chi connectivity index (χ3n) is 3.69. The lowest BCUT2D eigenvalue weighted by Crippen LogP contribution is -2.31. The number of nitrogens with two attached hydrogens (primary N) is 2. The molecule has 19 heavy (non-hydrogen) atoms. The maximum Gasteiger partial charge on any atom is 0.248 e. The number of hydrogen-bond acceptors (Lipinski definition) is 4. The molecule has 1 aromatic rings. The quantitative estimate of drug-likeness (QED) is 0.720. The number of carbonyl (C=O) groups excluding carboxylic acids is 1. The molecule has 5 nitrogen and oxygen atoms in total. The van der Waals surface area contributed by atoms with Gasteiger partial charge in [-0.25, -0.2) is 0 Å². The van der Waals surface area contributed by atoms with Gasteiger partial charge in [-0.05, 0) is 43.9 Å². The summed E-state index contributed by atoms with van der Waals surface area (Å²) in [6, 6.07) is 5.35. The molecule has 1 fully saturated rings. The Kier molecular flexibility index (Phi) is 4.27. The van der Waals surface area contributed by atoms with Crippen LogP contribution in [0, 0.1) is 5.92 Å². The smallest absolute Gasteiger partial charge is 0.248 e. The van der Waals surface area contributed by atoms with Gasteiger partial charge in [0.05, 0.1) is 11.4 Å². The highest BCUT2D eigenvalue weighted by molar-refractivity contribution is 5.94. The van der Waals surface area contributed by atoms with E-state index in [1.54, 1.807) is 18.2 Å². The van der Waals surface area contributed by atoms with Crippen LogP contribution in [0.3, 0.4) is 0 Å². The fourth-order valence-electron chi connectivity index (χ4n) is 2.41. The molecule has 0 bridgehead atoms. The summed E-state index contributed by atoms with van der Waals surface area (Å²) in [5.74, 6) is 0.118. The van der Waals surface area contributed by atoms with Crippen LogP contribution in [0.4, 0.5) is 11.4 Å². The Morgan fingerprint density at radius 1 is 1.42 bits per heavy atom. The molecule has 5 heteroatoms. The molecule has 1 unspecified atom stereocenters. The van der Waals surface area contributed by atoms with E-state index >= 15 is 0 Å². The molecule has 1 heterocycles. The molecule has 5 N–H and O–H groups in total. The highest BCUT2D eigenvalue weighted by Gasteiger charge is 2.21. The molecular formula is C14H21N3O2. The monoisotopic (exact) mass is 263 g/mol. The summed E-state index contributed by atoms with van der Waals surface area (Å²) in [5, 5.41) is 3.39. The zero-order valence-corrected chi connectivity index (χ0v) is 11.2. The van der Waals surface area contributed by atoms with Crippen LogP contribution in [0.5, 0.6) is 0 Å². The molecule has 0 saturated carbocycles. The summed E-state index contributed by atoms with van der Waals surface area (Å²) in [6.45, 7) is 3.76. The minimum absolute atomic E-state index is 0.286. The van der Waals surface area contributed by atoms with Crippen molar-refractivity contribution in [1.82, 2.24) is 0 Å². The number of hydrogen-bond donors (Lipinski definition) is 3. The fraction of sp³-hybridized carbons (Fsp3) is 0.500. The van der Waals surface area contributed by atoms with Crippen LogP contribution in [-0.2, 0) is 4.74 Å². The second kappa shape index (κ2) is 5.93. The van der Waals surface area contributed by atoms with Crippen LogP contribution in [0.1, 0.15) is 30.1 Å². The van der Waals surface area contributed by atoms with E-state index in [0.717, 1.165) is 31.7 Å². The molecule has 2 rings (SSSR count). The molecule has 1 saturated heterocycles. The van der Waals surface area contributed by atoms with E-state index < -0.39 is 5.91 Å². The third-order valence-corrected chi connectivity index (χ3v) is 3.69. The van der Waals surface area contributed by atoms with Gasteiger partial charge in [0.15, 0.2) is 0 Å². The van der Waals surface area contributed by atoms with Crippen LogP contribution in [-0.4, -0.2) is 25.2 Å². The first kappa shape index (κ1) is 13.7. The molecule has 1 aromatic carbocycles. The summed E-state index contributed by atoms with van der Waals surface area (Å²) in [5.41, 5.74) is 13.1. The van der Waals surface area contributed by atoms with Crippen molar-refractivity contribution < 1.29 is 9.53 Å². The van der Waals surface area contributed by atoms with Crippen LogP contribution in [0.25, 0.3) is 0 Å². The minimum Gasteiger partial charge on any atom is -0.397 e. The second-order valence-electron chi connectivity index (χ2n) is 5.05. The van der Waals surface area contributed by atoms with Crippen LogP contribution < -0.4 is 16.8 Å². The van der Waals surface area contributed by atoms with Gasteiger partial charge in [0, 0.05) is 24.8 Å². The zero-order chi connectivity index (χ0) is 13.8. The first-order valence-electron chi connectivity index (χ1n) is 6.61. The van der Waals surface area contributed by atoms with Crippen molar-refractivity contribution in [2.24, 2.45) is 11.7 Å². The first-order chi connectivity index (χ1) is 9.08. The molecule has 1 aliphatic heterocycles. The number of anilines is 2. The van der Waals surface area contributed by atoms with E-state index in [1.165, 1.54) is 0 Å². The van der Waals surface area contributed by atoms with E-state index in [0.29, 0.717) is 17.2 Å².